The van der Waals surface area contributed by atoms with Crippen LogP contribution in [0.2, 0.25) is 0 Å². The minimum absolute atomic E-state index is 0.197. The molecule has 124 valence electrons. The first-order valence-electron chi connectivity index (χ1n) is 7.84. The maximum atomic E-state index is 12.9. The van der Waals surface area contributed by atoms with Gasteiger partial charge in [0.25, 0.3) is 5.91 Å². The predicted molar refractivity (Wildman–Crippen MR) is 98.5 cm³/mol. The highest BCUT2D eigenvalue weighted by atomic mass is 32.2. The summed E-state index contributed by atoms with van der Waals surface area (Å²) in [4.78, 5) is 14.6. The molecular formula is C19H20N2O2S. The second-order valence-corrected chi connectivity index (χ2v) is 8.60. The highest BCUT2D eigenvalue weighted by Crippen LogP contribution is 2.31. The van der Waals surface area contributed by atoms with Crippen LogP contribution in [0.25, 0.3) is 0 Å². The Hall–Kier alpha value is -2.27. The standard InChI is InChI=1S/C19H20N2O2S/c1-19(2,3)24(23)20-17-15-11-7-8-12-16(15)21(18(17)22)13-14-9-5-4-6-10-14/h4-12H,13H2,1-3H3/b20-17+. The van der Waals surface area contributed by atoms with E-state index in [4.69, 9.17) is 0 Å². The Morgan fingerprint density at radius 3 is 2.29 bits per heavy atom. The lowest BCUT2D eigenvalue weighted by Gasteiger charge is -2.17. The molecule has 2 aromatic carbocycles. The van der Waals surface area contributed by atoms with Gasteiger partial charge in [-0.15, -0.1) is 0 Å². The molecular weight excluding hydrogens is 320 g/mol. The quantitative estimate of drug-likeness (QED) is 0.859. The third-order valence-corrected chi connectivity index (χ3v) is 5.18. The minimum atomic E-state index is -1.48. The van der Waals surface area contributed by atoms with E-state index in [1.807, 2.05) is 75.4 Å². The predicted octanol–water partition coefficient (Wildman–Crippen LogP) is 3.48. The Morgan fingerprint density at radius 1 is 1.00 bits per heavy atom. The topological polar surface area (TPSA) is 49.7 Å². The van der Waals surface area contributed by atoms with Gasteiger partial charge in [-0.3, -0.25) is 4.79 Å². The van der Waals surface area contributed by atoms with Gasteiger partial charge < -0.3 is 4.90 Å². The highest BCUT2D eigenvalue weighted by molar-refractivity contribution is 7.85. The van der Waals surface area contributed by atoms with Crippen LogP contribution < -0.4 is 4.90 Å². The van der Waals surface area contributed by atoms with Gasteiger partial charge in [0, 0.05) is 5.56 Å². The maximum absolute atomic E-state index is 12.9. The van der Waals surface area contributed by atoms with E-state index in [-0.39, 0.29) is 11.6 Å². The van der Waals surface area contributed by atoms with Crippen molar-refractivity contribution >= 4 is 28.3 Å². The average molecular weight is 340 g/mol. The van der Waals surface area contributed by atoms with Crippen molar-refractivity contribution in [3.8, 4) is 0 Å². The second-order valence-electron chi connectivity index (χ2n) is 6.70. The van der Waals surface area contributed by atoms with Gasteiger partial charge >= 0.3 is 0 Å². The Kier molecular flexibility index (Phi) is 4.37. The Labute approximate surface area is 144 Å². The smallest absolute Gasteiger partial charge is 0.278 e. The van der Waals surface area contributed by atoms with E-state index in [2.05, 4.69) is 4.40 Å². The van der Waals surface area contributed by atoms with Crippen molar-refractivity contribution in [2.75, 3.05) is 4.90 Å². The van der Waals surface area contributed by atoms with Gasteiger partial charge in [-0.1, -0.05) is 48.5 Å². The third-order valence-electron chi connectivity index (χ3n) is 3.78. The number of rotatable bonds is 3. The fourth-order valence-electron chi connectivity index (χ4n) is 2.49. The van der Waals surface area contributed by atoms with Crippen molar-refractivity contribution in [3.63, 3.8) is 0 Å². The number of nitrogens with zero attached hydrogens (tertiary/aromatic N) is 2. The summed E-state index contributed by atoms with van der Waals surface area (Å²) in [6, 6.07) is 17.3. The fraction of sp³-hybridized carbons (Fsp3) is 0.263. The molecule has 1 amide bonds. The molecule has 0 saturated heterocycles. The van der Waals surface area contributed by atoms with Crippen molar-refractivity contribution in [2.45, 2.75) is 32.1 Å². The average Bonchev–Trinajstić information content (AvgIpc) is 2.81. The van der Waals surface area contributed by atoms with Crippen LogP contribution in [-0.2, 0) is 22.3 Å². The first-order valence-corrected chi connectivity index (χ1v) is 8.94. The van der Waals surface area contributed by atoms with E-state index in [1.54, 1.807) is 4.90 Å². The SMILES string of the molecule is CC(C)(C)S(=O)/N=C1/C(=O)N(Cc2ccccc2)c2ccccc21. The van der Waals surface area contributed by atoms with Crippen LogP contribution in [0.4, 0.5) is 5.69 Å². The molecule has 3 rings (SSSR count). The number of amides is 1. The van der Waals surface area contributed by atoms with Crippen LogP contribution in [0.15, 0.2) is 59.0 Å². The Balaban J connectivity index is 2.01. The third kappa shape index (κ3) is 3.17. The molecule has 0 fully saturated rings. The molecule has 1 aliphatic heterocycles. The highest BCUT2D eigenvalue weighted by Gasteiger charge is 2.35. The molecule has 1 heterocycles. The molecule has 0 bridgehead atoms. The van der Waals surface area contributed by atoms with Gasteiger partial charge in [-0.25, -0.2) is 4.21 Å². The largest absolute Gasteiger partial charge is 0.302 e. The van der Waals surface area contributed by atoms with Crippen LogP contribution in [0, 0.1) is 0 Å². The number of benzene rings is 2. The van der Waals surface area contributed by atoms with E-state index < -0.39 is 15.7 Å². The number of hydrogen-bond donors (Lipinski definition) is 0. The number of anilines is 1. The molecule has 1 unspecified atom stereocenters. The zero-order chi connectivity index (χ0) is 17.3. The zero-order valence-electron chi connectivity index (χ0n) is 14.0. The van der Waals surface area contributed by atoms with Gasteiger partial charge in [0.2, 0.25) is 0 Å². The molecule has 0 N–H and O–H groups in total. The molecule has 0 aromatic heterocycles. The van der Waals surface area contributed by atoms with Gasteiger partial charge in [-0.2, -0.15) is 4.40 Å². The normalized spacial score (nSPS) is 17.2. The number of carbonyl (C=O) groups is 1. The van der Waals surface area contributed by atoms with E-state index in [0.717, 1.165) is 16.8 Å². The Bertz CT molecular complexity index is 823. The second kappa shape index (κ2) is 6.32. The van der Waals surface area contributed by atoms with Crippen LogP contribution in [0.1, 0.15) is 31.9 Å². The van der Waals surface area contributed by atoms with Crippen molar-refractivity contribution in [1.29, 1.82) is 0 Å². The van der Waals surface area contributed by atoms with Crippen LogP contribution >= 0.6 is 0 Å². The molecule has 4 nitrogen and oxygen atoms in total. The summed E-state index contributed by atoms with van der Waals surface area (Å²) in [5.74, 6) is -0.197. The first kappa shape index (κ1) is 16.6. The van der Waals surface area contributed by atoms with Gasteiger partial charge in [0.05, 0.1) is 17.0 Å². The molecule has 0 radical (unpaired) electrons. The van der Waals surface area contributed by atoms with E-state index in [9.17, 15) is 9.00 Å². The van der Waals surface area contributed by atoms with Crippen molar-refractivity contribution in [1.82, 2.24) is 0 Å². The van der Waals surface area contributed by atoms with E-state index >= 15 is 0 Å². The molecule has 1 aliphatic rings. The fourth-order valence-corrected chi connectivity index (χ4v) is 3.11. The van der Waals surface area contributed by atoms with Crippen LogP contribution in [0.3, 0.4) is 0 Å². The number of para-hydroxylation sites is 1. The summed E-state index contributed by atoms with van der Waals surface area (Å²) in [5.41, 5.74) is 2.89. The van der Waals surface area contributed by atoms with Gasteiger partial charge in [0.15, 0.2) is 0 Å². The van der Waals surface area contributed by atoms with E-state index in [1.165, 1.54) is 0 Å². The Morgan fingerprint density at radius 2 is 1.62 bits per heavy atom. The lowest BCUT2D eigenvalue weighted by molar-refractivity contribution is -0.112. The van der Waals surface area contributed by atoms with E-state index in [0.29, 0.717) is 6.54 Å². The van der Waals surface area contributed by atoms with Gasteiger partial charge in [-0.05, 0) is 32.4 Å². The summed E-state index contributed by atoms with van der Waals surface area (Å²) < 4.78 is 16.1. The summed E-state index contributed by atoms with van der Waals surface area (Å²) in [6.45, 7) is 6.01. The first-order chi connectivity index (χ1) is 11.4. The van der Waals surface area contributed by atoms with Crippen LogP contribution in [-0.4, -0.2) is 20.6 Å². The summed E-state index contributed by atoms with van der Waals surface area (Å²) in [5, 5.41) is 0. The number of carbonyl (C=O) groups excluding carboxylic acids is 1. The molecule has 0 aliphatic carbocycles. The summed E-state index contributed by atoms with van der Waals surface area (Å²) in [7, 11) is -1.48. The molecule has 0 saturated carbocycles. The maximum Gasteiger partial charge on any atom is 0.278 e. The number of hydrogen-bond acceptors (Lipinski definition) is 2. The molecule has 0 spiro atoms. The molecule has 1 atom stereocenters. The molecule has 5 heteroatoms. The summed E-state index contributed by atoms with van der Waals surface area (Å²) in [6.07, 6.45) is 0. The van der Waals surface area contributed by atoms with Crippen molar-refractivity contribution in [2.24, 2.45) is 4.40 Å². The number of fused-ring (bicyclic) bond motifs is 1. The van der Waals surface area contributed by atoms with Crippen molar-refractivity contribution in [3.05, 3.63) is 65.7 Å². The van der Waals surface area contributed by atoms with Crippen molar-refractivity contribution < 1.29 is 9.00 Å². The molecule has 24 heavy (non-hydrogen) atoms. The summed E-state index contributed by atoms with van der Waals surface area (Å²) >= 11 is 0. The van der Waals surface area contributed by atoms with Crippen LogP contribution in [0.5, 0.6) is 0 Å². The lowest BCUT2D eigenvalue weighted by Crippen LogP contribution is -2.30. The minimum Gasteiger partial charge on any atom is -0.302 e. The lowest BCUT2D eigenvalue weighted by atomic mass is 10.1. The van der Waals surface area contributed by atoms with Gasteiger partial charge in [0.1, 0.15) is 16.7 Å². The monoisotopic (exact) mass is 340 g/mol. The zero-order valence-corrected chi connectivity index (χ0v) is 14.8. The molecule has 2 aromatic rings.